The summed E-state index contributed by atoms with van der Waals surface area (Å²) in [5.74, 6) is -3.72. The molecule has 0 spiro atoms. The van der Waals surface area contributed by atoms with Crippen LogP contribution >= 0.6 is 11.6 Å². The molecule has 2 aliphatic carbocycles. The van der Waals surface area contributed by atoms with Gasteiger partial charge in [-0.25, -0.2) is 13.4 Å². The molecular formula is C41H47ClN4O9S. The van der Waals surface area contributed by atoms with Gasteiger partial charge in [-0.1, -0.05) is 56.6 Å². The summed E-state index contributed by atoms with van der Waals surface area (Å²) in [5.41, 5.74) is -1.42. The number of nitrogens with one attached hydrogen (secondary N) is 2. The molecular weight excluding hydrogens is 760 g/mol. The summed E-state index contributed by atoms with van der Waals surface area (Å²) in [6.07, 6.45) is 1.55. The molecule has 298 valence electrons. The number of hydrogen-bond donors (Lipinski definition) is 2. The van der Waals surface area contributed by atoms with E-state index in [4.69, 9.17) is 30.5 Å². The highest BCUT2D eigenvalue weighted by Crippen LogP contribution is 2.46. The average Bonchev–Trinajstić information content (AvgIpc) is 4.02. The molecule has 5 atom stereocenters. The van der Waals surface area contributed by atoms with Crippen LogP contribution in [0.2, 0.25) is 5.02 Å². The second-order valence-corrected chi connectivity index (χ2v) is 19.7. The van der Waals surface area contributed by atoms with E-state index in [1.807, 2.05) is 45.0 Å². The van der Waals surface area contributed by atoms with E-state index in [2.05, 4.69) is 16.6 Å². The van der Waals surface area contributed by atoms with Crippen LogP contribution < -0.4 is 14.8 Å². The van der Waals surface area contributed by atoms with Gasteiger partial charge in [0, 0.05) is 33.5 Å². The van der Waals surface area contributed by atoms with Gasteiger partial charge in [0.05, 0.1) is 24.1 Å². The van der Waals surface area contributed by atoms with Crippen LogP contribution in [0.1, 0.15) is 73.6 Å². The Morgan fingerprint density at radius 3 is 2.39 bits per heavy atom. The number of esters is 1. The molecule has 2 aromatic carbocycles. The first-order valence-corrected chi connectivity index (χ1v) is 20.7. The molecule has 0 bridgehead atoms. The van der Waals surface area contributed by atoms with Crippen LogP contribution in [0.5, 0.6) is 5.88 Å². The summed E-state index contributed by atoms with van der Waals surface area (Å²) in [7, 11) is -3.92. The predicted octanol–water partition coefficient (Wildman–Crippen LogP) is 6.20. The smallest absolute Gasteiger partial charge is 0.307 e. The van der Waals surface area contributed by atoms with E-state index in [9.17, 15) is 27.6 Å². The molecule has 1 aliphatic heterocycles. The third kappa shape index (κ3) is 7.69. The summed E-state index contributed by atoms with van der Waals surface area (Å²) in [6.45, 7) is 14.5. The number of carbonyl (C=O) groups is 4. The van der Waals surface area contributed by atoms with Gasteiger partial charge >= 0.3 is 5.97 Å². The standard InChI is InChI=1S/C41H47ClN4O9S/c1-8-22-20-41(22,38(50)45-56(51,52)25-14-15-25)44-35(48)30-18-24(21-46(30)37(49)29(39(2,3)4)19-32(47)55-40(5,6)7)53-36-27-12-10-9-11-26(27)34-33(43-36)28-17-23(42)13-16-31(28)54-34/h8-13,16-17,22,24-25,29-30H,1,14-15,18-21H2,2-7H3,(H,44,48)(H,45,50). The fourth-order valence-electron chi connectivity index (χ4n) is 7.54. The largest absolute Gasteiger partial charge is 0.472 e. The van der Waals surface area contributed by atoms with Crippen molar-refractivity contribution >= 4 is 78.2 Å². The number of ether oxygens (including phenoxy) is 2. The molecule has 7 rings (SSSR count). The average molecular weight is 807 g/mol. The highest BCUT2D eigenvalue weighted by molar-refractivity contribution is 7.91. The molecule has 5 unspecified atom stereocenters. The highest BCUT2D eigenvalue weighted by atomic mass is 35.5. The number of aromatic nitrogens is 1. The number of halogens is 1. The van der Waals surface area contributed by atoms with E-state index in [0.717, 1.165) is 5.39 Å². The van der Waals surface area contributed by atoms with Crippen molar-refractivity contribution in [3.05, 3.63) is 60.1 Å². The molecule has 0 radical (unpaired) electrons. The van der Waals surface area contributed by atoms with Gasteiger partial charge in [-0.3, -0.25) is 23.9 Å². The number of benzene rings is 2. The maximum atomic E-state index is 14.7. The fourth-order valence-corrected chi connectivity index (χ4v) is 9.07. The quantitative estimate of drug-likeness (QED) is 0.131. The second kappa shape index (κ2) is 14.0. The van der Waals surface area contributed by atoms with Crippen LogP contribution in [0, 0.1) is 17.3 Å². The zero-order valence-electron chi connectivity index (χ0n) is 32.3. The second-order valence-electron chi connectivity index (χ2n) is 17.3. The number of sulfonamides is 1. The van der Waals surface area contributed by atoms with Crippen LogP contribution in [-0.4, -0.2) is 77.1 Å². The van der Waals surface area contributed by atoms with E-state index < -0.39 is 79.5 Å². The summed E-state index contributed by atoms with van der Waals surface area (Å²) in [6, 6.07) is 11.5. The van der Waals surface area contributed by atoms with Gasteiger partial charge in [-0.15, -0.1) is 6.58 Å². The van der Waals surface area contributed by atoms with E-state index in [1.165, 1.54) is 11.0 Å². The summed E-state index contributed by atoms with van der Waals surface area (Å²) < 4.78 is 46.1. The van der Waals surface area contributed by atoms with Gasteiger partial charge < -0.3 is 24.1 Å². The summed E-state index contributed by atoms with van der Waals surface area (Å²) in [4.78, 5) is 62.2. The molecule has 2 aromatic heterocycles. The van der Waals surface area contributed by atoms with Crippen molar-refractivity contribution in [3.63, 3.8) is 0 Å². The summed E-state index contributed by atoms with van der Waals surface area (Å²) in [5, 5.41) is 4.74. The SMILES string of the molecule is C=CC1CC1(NC(=O)C1CC(Oc2nc3c4cc(Cl)ccc4oc3c3ccccc23)CN1C(=O)C(CC(=O)OC(C)(C)C)C(C)(C)C)C(=O)NS(=O)(=O)C1CC1. The number of fused-ring (bicyclic) bond motifs is 5. The van der Waals surface area contributed by atoms with Gasteiger partial charge in [-0.2, -0.15) is 0 Å². The van der Waals surface area contributed by atoms with E-state index >= 15 is 0 Å². The van der Waals surface area contributed by atoms with Crippen LogP contribution in [0.15, 0.2) is 59.5 Å². The van der Waals surface area contributed by atoms with Crippen molar-refractivity contribution in [1.82, 2.24) is 19.9 Å². The van der Waals surface area contributed by atoms with Gasteiger partial charge in [0.1, 0.15) is 34.4 Å². The molecule has 3 fully saturated rings. The number of pyridine rings is 1. The minimum atomic E-state index is -3.92. The number of nitrogens with zero attached hydrogens (tertiary/aromatic N) is 2. The third-order valence-electron chi connectivity index (χ3n) is 10.7. The predicted molar refractivity (Wildman–Crippen MR) is 211 cm³/mol. The topological polar surface area (TPSA) is 174 Å². The van der Waals surface area contributed by atoms with E-state index in [-0.39, 0.29) is 31.7 Å². The lowest BCUT2D eigenvalue weighted by atomic mass is 9.77. The number of hydrogen-bond acceptors (Lipinski definition) is 10. The maximum absolute atomic E-state index is 14.7. The Bertz CT molecular complexity index is 2390. The number of amides is 3. The number of furan rings is 1. The minimum absolute atomic E-state index is 0.00368. The Morgan fingerprint density at radius 2 is 1.77 bits per heavy atom. The van der Waals surface area contributed by atoms with Crippen molar-refractivity contribution in [2.75, 3.05) is 6.54 Å². The zero-order chi connectivity index (χ0) is 40.5. The van der Waals surface area contributed by atoms with E-state index in [0.29, 0.717) is 45.3 Å². The Hall–Kier alpha value is -4.69. The molecule has 56 heavy (non-hydrogen) atoms. The van der Waals surface area contributed by atoms with Crippen molar-refractivity contribution in [2.24, 2.45) is 17.3 Å². The third-order valence-corrected chi connectivity index (χ3v) is 12.8. The van der Waals surface area contributed by atoms with Gasteiger partial charge in [-0.05, 0) is 69.7 Å². The fraction of sp³-hybridized carbons (Fsp3) is 0.488. The van der Waals surface area contributed by atoms with Gasteiger partial charge in [0.15, 0.2) is 5.58 Å². The molecule has 15 heteroatoms. The molecule has 3 aliphatic rings. The molecule has 2 N–H and O–H groups in total. The Kier molecular flexibility index (Phi) is 9.92. The molecule has 1 saturated heterocycles. The Balaban J connectivity index is 1.23. The molecule has 4 aromatic rings. The first-order valence-electron chi connectivity index (χ1n) is 18.8. The maximum Gasteiger partial charge on any atom is 0.307 e. The van der Waals surface area contributed by atoms with Gasteiger partial charge in [0.2, 0.25) is 27.7 Å². The van der Waals surface area contributed by atoms with Crippen LogP contribution in [-0.2, 0) is 33.9 Å². The Morgan fingerprint density at radius 1 is 1.07 bits per heavy atom. The van der Waals surface area contributed by atoms with Crippen LogP contribution in [0.3, 0.4) is 0 Å². The van der Waals surface area contributed by atoms with Crippen LogP contribution in [0.4, 0.5) is 0 Å². The zero-order valence-corrected chi connectivity index (χ0v) is 33.9. The van der Waals surface area contributed by atoms with Crippen molar-refractivity contribution in [1.29, 1.82) is 0 Å². The highest BCUT2D eigenvalue weighted by Gasteiger charge is 2.62. The number of carbonyl (C=O) groups excluding carboxylic acids is 4. The van der Waals surface area contributed by atoms with E-state index in [1.54, 1.807) is 39.0 Å². The first kappa shape index (κ1) is 39.5. The lowest BCUT2D eigenvalue weighted by Gasteiger charge is -2.35. The number of rotatable bonds is 11. The van der Waals surface area contributed by atoms with Crippen molar-refractivity contribution in [3.8, 4) is 5.88 Å². The van der Waals surface area contributed by atoms with Crippen molar-refractivity contribution < 1.29 is 41.5 Å². The molecule has 3 heterocycles. The molecule has 3 amide bonds. The van der Waals surface area contributed by atoms with Crippen molar-refractivity contribution in [2.45, 2.75) is 102 Å². The molecule has 2 saturated carbocycles. The lowest BCUT2D eigenvalue weighted by Crippen LogP contribution is -2.57. The minimum Gasteiger partial charge on any atom is -0.472 e. The summed E-state index contributed by atoms with van der Waals surface area (Å²) >= 11 is 6.35. The normalized spacial score (nSPS) is 23.2. The lowest BCUT2D eigenvalue weighted by molar-refractivity contribution is -0.161. The van der Waals surface area contributed by atoms with Gasteiger partial charge in [0.25, 0.3) is 5.91 Å². The Labute approximate surface area is 330 Å². The first-order chi connectivity index (χ1) is 26.2. The number of likely N-dealkylation sites (tertiary alicyclic amines) is 1. The molecule has 13 nitrogen and oxygen atoms in total. The van der Waals surface area contributed by atoms with Crippen LogP contribution in [0.25, 0.3) is 32.8 Å². The monoisotopic (exact) mass is 806 g/mol.